The maximum Gasteiger partial charge on any atom is 0.162 e. The Morgan fingerprint density at radius 3 is 2.71 bits per heavy atom. The lowest BCUT2D eigenvalue weighted by Gasteiger charge is -2.21. The van der Waals surface area contributed by atoms with Crippen LogP contribution in [-0.4, -0.2) is 32.1 Å². The second-order valence-corrected chi connectivity index (χ2v) is 4.28. The number of Topliss-reactive ketones (excluding diaryl/α,β-unsaturated/α-hetero) is 1. The Bertz CT molecular complexity index is 364. The number of carbonyl (C=O) groups is 1. The van der Waals surface area contributed by atoms with E-state index in [1.165, 1.54) is 5.69 Å². The van der Waals surface area contributed by atoms with Crippen molar-refractivity contribution in [2.24, 2.45) is 0 Å². The summed E-state index contributed by atoms with van der Waals surface area (Å²) < 4.78 is 5.43. The second-order valence-electron chi connectivity index (χ2n) is 4.28. The van der Waals surface area contributed by atoms with Crippen molar-refractivity contribution in [2.75, 3.05) is 31.2 Å². The van der Waals surface area contributed by atoms with Gasteiger partial charge in [0.15, 0.2) is 5.78 Å². The summed E-state index contributed by atoms with van der Waals surface area (Å²) in [4.78, 5) is 13.8. The molecule has 1 aliphatic heterocycles. The molecule has 0 aromatic heterocycles. The molecule has 0 amide bonds. The number of carbonyl (C=O) groups excluding carboxylic acids is 1. The van der Waals surface area contributed by atoms with Crippen molar-refractivity contribution >= 4 is 11.5 Å². The molecule has 1 aromatic rings. The molecule has 1 saturated heterocycles. The van der Waals surface area contributed by atoms with Crippen LogP contribution >= 0.6 is 0 Å². The van der Waals surface area contributed by atoms with E-state index in [0.29, 0.717) is 6.42 Å². The van der Waals surface area contributed by atoms with Gasteiger partial charge in [-0.1, -0.05) is 6.92 Å². The number of hydrogen-bond donors (Lipinski definition) is 0. The van der Waals surface area contributed by atoms with Crippen LogP contribution in [0.4, 0.5) is 5.69 Å². The first-order valence-electron chi connectivity index (χ1n) is 6.27. The predicted octanol–water partition coefficient (Wildman–Crippen LogP) is 2.51. The zero-order valence-corrected chi connectivity index (χ0v) is 10.3. The fraction of sp³-hybridized carbons (Fsp3) is 0.500. The highest BCUT2D eigenvalue weighted by molar-refractivity contribution is 5.96. The number of ketones is 1. The number of rotatable bonds is 3. The molecule has 1 heterocycles. The Labute approximate surface area is 102 Å². The lowest BCUT2D eigenvalue weighted by Crippen LogP contribution is -2.25. The Kier molecular flexibility index (Phi) is 4.15. The molecular formula is C14H19NO2. The van der Waals surface area contributed by atoms with E-state index in [1.54, 1.807) is 0 Å². The Morgan fingerprint density at radius 2 is 2.00 bits per heavy atom. The summed E-state index contributed by atoms with van der Waals surface area (Å²) in [5.74, 6) is 0.204. The van der Waals surface area contributed by atoms with E-state index in [0.717, 1.165) is 38.3 Å². The SMILES string of the molecule is CCC(=O)c1ccc(N2CCCOCC2)cc1. The first-order chi connectivity index (χ1) is 8.31. The van der Waals surface area contributed by atoms with Crippen LogP contribution in [0.2, 0.25) is 0 Å². The van der Waals surface area contributed by atoms with Gasteiger partial charge in [0.2, 0.25) is 0 Å². The van der Waals surface area contributed by atoms with Gasteiger partial charge in [0.05, 0.1) is 6.61 Å². The van der Waals surface area contributed by atoms with Gasteiger partial charge < -0.3 is 9.64 Å². The molecule has 0 saturated carbocycles. The molecule has 0 atom stereocenters. The standard InChI is InChI=1S/C14H19NO2/c1-2-14(16)12-4-6-13(7-5-12)15-8-3-10-17-11-9-15/h4-7H,2-3,8-11H2,1H3. The fourth-order valence-corrected chi connectivity index (χ4v) is 2.07. The van der Waals surface area contributed by atoms with Gasteiger partial charge in [-0.2, -0.15) is 0 Å². The molecule has 0 aliphatic carbocycles. The van der Waals surface area contributed by atoms with Crippen LogP contribution in [0.25, 0.3) is 0 Å². The van der Waals surface area contributed by atoms with Gasteiger partial charge in [-0.25, -0.2) is 0 Å². The molecule has 0 N–H and O–H groups in total. The number of nitrogens with zero attached hydrogens (tertiary/aromatic N) is 1. The van der Waals surface area contributed by atoms with Crippen LogP contribution in [0.1, 0.15) is 30.1 Å². The van der Waals surface area contributed by atoms with E-state index in [9.17, 15) is 4.79 Å². The topological polar surface area (TPSA) is 29.5 Å². The van der Waals surface area contributed by atoms with Crippen molar-refractivity contribution < 1.29 is 9.53 Å². The summed E-state index contributed by atoms with van der Waals surface area (Å²) in [5.41, 5.74) is 1.99. The van der Waals surface area contributed by atoms with Gasteiger partial charge in [0.25, 0.3) is 0 Å². The van der Waals surface area contributed by atoms with Crippen molar-refractivity contribution in [3.63, 3.8) is 0 Å². The summed E-state index contributed by atoms with van der Waals surface area (Å²) in [5, 5.41) is 0. The minimum absolute atomic E-state index is 0.204. The molecule has 92 valence electrons. The summed E-state index contributed by atoms with van der Waals surface area (Å²) in [7, 11) is 0. The smallest absolute Gasteiger partial charge is 0.162 e. The highest BCUT2D eigenvalue weighted by Crippen LogP contribution is 2.17. The summed E-state index contributed by atoms with van der Waals surface area (Å²) in [6, 6.07) is 7.92. The normalized spacial score (nSPS) is 16.6. The largest absolute Gasteiger partial charge is 0.380 e. The van der Waals surface area contributed by atoms with E-state index in [4.69, 9.17) is 4.74 Å². The van der Waals surface area contributed by atoms with Crippen LogP contribution in [0, 0.1) is 0 Å². The Balaban J connectivity index is 2.08. The molecule has 1 fully saturated rings. The lowest BCUT2D eigenvalue weighted by atomic mass is 10.1. The minimum Gasteiger partial charge on any atom is -0.380 e. The molecule has 2 rings (SSSR count). The zero-order valence-electron chi connectivity index (χ0n) is 10.3. The van der Waals surface area contributed by atoms with Gasteiger partial charge in [-0.3, -0.25) is 4.79 Å². The van der Waals surface area contributed by atoms with E-state index < -0.39 is 0 Å². The number of ether oxygens (including phenoxy) is 1. The molecule has 1 aliphatic rings. The molecule has 17 heavy (non-hydrogen) atoms. The van der Waals surface area contributed by atoms with Crippen molar-refractivity contribution in [1.82, 2.24) is 0 Å². The van der Waals surface area contributed by atoms with E-state index in [2.05, 4.69) is 4.90 Å². The lowest BCUT2D eigenvalue weighted by molar-refractivity contribution is 0.0988. The predicted molar refractivity (Wildman–Crippen MR) is 68.7 cm³/mol. The minimum atomic E-state index is 0.204. The average molecular weight is 233 g/mol. The van der Waals surface area contributed by atoms with Crippen LogP contribution < -0.4 is 4.90 Å². The third kappa shape index (κ3) is 3.07. The first-order valence-corrected chi connectivity index (χ1v) is 6.27. The first kappa shape index (κ1) is 12.1. The quantitative estimate of drug-likeness (QED) is 0.751. The maximum atomic E-state index is 11.5. The molecule has 0 unspecified atom stereocenters. The van der Waals surface area contributed by atoms with Crippen LogP contribution in [0.5, 0.6) is 0 Å². The van der Waals surface area contributed by atoms with Crippen LogP contribution in [-0.2, 0) is 4.74 Å². The third-order valence-electron chi connectivity index (χ3n) is 3.10. The van der Waals surface area contributed by atoms with E-state index in [-0.39, 0.29) is 5.78 Å². The number of anilines is 1. The molecular weight excluding hydrogens is 214 g/mol. The maximum absolute atomic E-state index is 11.5. The van der Waals surface area contributed by atoms with Gasteiger partial charge in [-0.05, 0) is 30.7 Å². The van der Waals surface area contributed by atoms with Crippen molar-refractivity contribution in [2.45, 2.75) is 19.8 Å². The average Bonchev–Trinajstić information content (AvgIpc) is 2.67. The zero-order chi connectivity index (χ0) is 12.1. The molecule has 0 radical (unpaired) electrons. The van der Waals surface area contributed by atoms with Crippen molar-refractivity contribution in [3.8, 4) is 0 Å². The highest BCUT2D eigenvalue weighted by atomic mass is 16.5. The van der Waals surface area contributed by atoms with Crippen LogP contribution in [0.15, 0.2) is 24.3 Å². The summed E-state index contributed by atoms with van der Waals surface area (Å²) in [6.07, 6.45) is 1.63. The molecule has 1 aromatic carbocycles. The van der Waals surface area contributed by atoms with E-state index in [1.807, 2.05) is 31.2 Å². The molecule has 3 heteroatoms. The van der Waals surface area contributed by atoms with Gasteiger partial charge in [0, 0.05) is 37.4 Å². The fourth-order valence-electron chi connectivity index (χ4n) is 2.07. The van der Waals surface area contributed by atoms with Crippen molar-refractivity contribution in [3.05, 3.63) is 29.8 Å². The van der Waals surface area contributed by atoms with Gasteiger partial charge in [0.1, 0.15) is 0 Å². The number of benzene rings is 1. The molecule has 0 spiro atoms. The number of hydrogen-bond acceptors (Lipinski definition) is 3. The van der Waals surface area contributed by atoms with Gasteiger partial charge in [-0.15, -0.1) is 0 Å². The van der Waals surface area contributed by atoms with E-state index >= 15 is 0 Å². The molecule has 0 bridgehead atoms. The summed E-state index contributed by atoms with van der Waals surface area (Å²) in [6.45, 7) is 5.49. The Hall–Kier alpha value is -1.35. The monoisotopic (exact) mass is 233 g/mol. The third-order valence-corrected chi connectivity index (χ3v) is 3.10. The second kappa shape index (κ2) is 5.82. The van der Waals surface area contributed by atoms with Crippen LogP contribution in [0.3, 0.4) is 0 Å². The Morgan fingerprint density at radius 1 is 1.24 bits per heavy atom. The molecule has 3 nitrogen and oxygen atoms in total. The van der Waals surface area contributed by atoms with Gasteiger partial charge >= 0.3 is 0 Å². The van der Waals surface area contributed by atoms with Crippen molar-refractivity contribution in [1.29, 1.82) is 0 Å². The highest BCUT2D eigenvalue weighted by Gasteiger charge is 2.10. The summed E-state index contributed by atoms with van der Waals surface area (Å²) >= 11 is 0.